The molecule has 0 atom stereocenters. The zero-order chi connectivity index (χ0) is 29.6. The molecule has 0 unspecified atom stereocenters. The van der Waals surface area contributed by atoms with Crippen LogP contribution in [0.4, 0.5) is 0 Å². The van der Waals surface area contributed by atoms with Crippen LogP contribution in [0.15, 0.2) is 67.0 Å². The number of rotatable bonds is 9. The molecule has 2 aromatic carbocycles. The fourth-order valence-electron chi connectivity index (χ4n) is 6.03. The van der Waals surface area contributed by atoms with Crippen molar-refractivity contribution < 1.29 is 29.3 Å². The van der Waals surface area contributed by atoms with Crippen molar-refractivity contribution in [3.8, 4) is 28.4 Å². The van der Waals surface area contributed by atoms with Crippen LogP contribution in [0.3, 0.4) is 0 Å². The number of aromatic nitrogens is 2. The summed E-state index contributed by atoms with van der Waals surface area (Å²) in [5.74, 6) is 0.422. The van der Waals surface area contributed by atoms with Gasteiger partial charge in [0, 0.05) is 6.04 Å². The molecular weight excluding hydrogens is 536 g/mol. The second-order valence-corrected chi connectivity index (χ2v) is 12.2. The van der Waals surface area contributed by atoms with Crippen LogP contribution in [0.5, 0.6) is 17.2 Å². The number of hydrogen-bond acceptors (Lipinski definition) is 7. The van der Waals surface area contributed by atoms with Crippen LogP contribution in [-0.2, 0) is 0 Å². The Morgan fingerprint density at radius 1 is 1.07 bits per heavy atom. The summed E-state index contributed by atoms with van der Waals surface area (Å²) >= 11 is 0. The normalized spacial score (nSPS) is 21.4. The number of aromatic hydroxyl groups is 1. The highest BCUT2D eigenvalue weighted by atomic mass is 16.5. The first-order chi connectivity index (χ1) is 20.0. The van der Waals surface area contributed by atoms with E-state index in [4.69, 9.17) is 15.2 Å². The van der Waals surface area contributed by atoms with Crippen LogP contribution in [0.25, 0.3) is 16.6 Å². The minimum absolute atomic E-state index is 0.0494. The van der Waals surface area contributed by atoms with Gasteiger partial charge in [0.05, 0.1) is 40.7 Å². The van der Waals surface area contributed by atoms with Gasteiger partial charge >= 0.3 is 0 Å². The van der Waals surface area contributed by atoms with E-state index in [1.54, 1.807) is 79.3 Å². The molecule has 2 heterocycles. The van der Waals surface area contributed by atoms with Gasteiger partial charge in [-0.1, -0.05) is 18.2 Å². The average Bonchev–Trinajstić information content (AvgIpc) is 3.32. The number of nitrogens with zero attached hydrogens (tertiary/aromatic N) is 2. The number of nitrogens with one attached hydrogen (secondary N) is 1. The molecule has 5 N–H and O–H groups in total. The number of benzene rings is 2. The van der Waals surface area contributed by atoms with Gasteiger partial charge in [-0.2, -0.15) is 5.10 Å². The van der Waals surface area contributed by atoms with Gasteiger partial charge in [-0.25, -0.2) is 4.52 Å². The summed E-state index contributed by atoms with van der Waals surface area (Å²) in [6.07, 6.45) is 6.57. The Bertz CT molecular complexity index is 1660. The zero-order valence-electron chi connectivity index (χ0n) is 23.5. The van der Waals surface area contributed by atoms with Gasteiger partial charge in [-0.05, 0) is 92.5 Å². The quantitative estimate of drug-likeness (QED) is 0.237. The summed E-state index contributed by atoms with van der Waals surface area (Å²) in [4.78, 5) is 25.1. The number of carbonyl (C=O) groups is 2. The average molecular weight is 571 g/mol. The van der Waals surface area contributed by atoms with E-state index >= 15 is 0 Å². The molecule has 42 heavy (non-hydrogen) atoms. The van der Waals surface area contributed by atoms with Crippen molar-refractivity contribution in [3.63, 3.8) is 0 Å². The molecule has 10 heteroatoms. The van der Waals surface area contributed by atoms with E-state index in [2.05, 4.69) is 10.4 Å². The fraction of sp³-hybridized carbons (Fsp3) is 0.344. The second kappa shape index (κ2) is 10.4. The summed E-state index contributed by atoms with van der Waals surface area (Å²) in [6, 6.07) is 15.7. The van der Waals surface area contributed by atoms with Crippen molar-refractivity contribution in [2.24, 2.45) is 11.1 Å². The van der Waals surface area contributed by atoms with Crippen molar-refractivity contribution >= 4 is 17.3 Å². The molecule has 218 valence electrons. The summed E-state index contributed by atoms with van der Waals surface area (Å²) in [5.41, 5.74) is 7.88. The molecule has 10 nitrogen and oxygen atoms in total. The van der Waals surface area contributed by atoms with Crippen LogP contribution in [0, 0.1) is 5.41 Å². The smallest absolute Gasteiger partial charge is 0.255 e. The van der Waals surface area contributed by atoms with E-state index in [1.807, 2.05) is 6.07 Å². The topological polar surface area (TPSA) is 148 Å². The molecule has 2 saturated carbocycles. The minimum Gasteiger partial charge on any atom is -0.508 e. The molecule has 6 rings (SSSR count). The van der Waals surface area contributed by atoms with Crippen LogP contribution in [0.1, 0.15) is 60.2 Å². The number of amides is 2. The fourth-order valence-corrected chi connectivity index (χ4v) is 6.03. The van der Waals surface area contributed by atoms with Gasteiger partial charge in [0.25, 0.3) is 11.8 Å². The van der Waals surface area contributed by atoms with Crippen molar-refractivity contribution in [3.05, 3.63) is 78.1 Å². The highest BCUT2D eigenvalue weighted by molar-refractivity contribution is 6.01. The maximum atomic E-state index is 13.0. The first kappa shape index (κ1) is 27.6. The Labute approximate surface area is 243 Å². The molecule has 2 aliphatic rings. The number of pyridine rings is 1. The van der Waals surface area contributed by atoms with Gasteiger partial charge in [0.1, 0.15) is 23.9 Å². The molecule has 1 spiro atoms. The molecular formula is C32H34N4O6. The number of carbonyl (C=O) groups excluding carboxylic acids is 2. The molecule has 2 aliphatic carbocycles. The number of nitrogens with two attached hydrogens (primary N) is 1. The number of primary amides is 1. The van der Waals surface area contributed by atoms with Crippen LogP contribution in [0.2, 0.25) is 0 Å². The molecule has 0 aliphatic heterocycles. The van der Waals surface area contributed by atoms with Crippen molar-refractivity contribution in [2.75, 3.05) is 6.61 Å². The lowest BCUT2D eigenvalue weighted by Gasteiger charge is -2.57. The van der Waals surface area contributed by atoms with E-state index in [1.165, 1.54) is 0 Å². The first-order valence-electron chi connectivity index (χ1n) is 14.0. The summed E-state index contributed by atoms with van der Waals surface area (Å²) < 4.78 is 13.5. The van der Waals surface area contributed by atoms with Crippen LogP contribution < -0.4 is 20.5 Å². The summed E-state index contributed by atoms with van der Waals surface area (Å²) in [5, 5.41) is 27.2. The van der Waals surface area contributed by atoms with Crippen LogP contribution >= 0.6 is 0 Å². The van der Waals surface area contributed by atoms with E-state index in [9.17, 15) is 19.8 Å². The maximum Gasteiger partial charge on any atom is 0.255 e. The molecule has 2 fully saturated rings. The second-order valence-electron chi connectivity index (χ2n) is 12.2. The van der Waals surface area contributed by atoms with E-state index in [0.29, 0.717) is 28.1 Å². The van der Waals surface area contributed by atoms with Gasteiger partial charge in [-0.15, -0.1) is 0 Å². The number of phenols is 1. The molecule has 0 radical (unpaired) electrons. The first-order valence-corrected chi connectivity index (χ1v) is 14.0. The Kier molecular flexibility index (Phi) is 6.81. The Morgan fingerprint density at radius 3 is 2.55 bits per heavy atom. The van der Waals surface area contributed by atoms with Gasteiger partial charge < -0.3 is 30.7 Å². The lowest BCUT2D eigenvalue weighted by Crippen LogP contribution is -2.58. The van der Waals surface area contributed by atoms with E-state index in [0.717, 1.165) is 36.8 Å². The van der Waals surface area contributed by atoms with Gasteiger partial charge in [0.15, 0.2) is 0 Å². The highest BCUT2D eigenvalue weighted by Crippen LogP contribution is 2.57. The Hall–Kier alpha value is -4.57. The molecule has 2 amide bonds. The minimum atomic E-state index is -0.956. The standard InChI is InChI=1S/C32H34N4O6/c1-31(2,40)18-41-23-7-9-27-26(16-34-36(27)17-23)30(39)35-21-12-32(13-21)14-24(15-32)42-28-11-20(6-8-25(28)29(33)38)19-4-3-5-22(37)10-19/h3-11,16-17,21,24,37,40H,12-15,18H2,1-2H3,(H2,33,38)(H,35,39). The number of phenolic OH excluding ortho intramolecular Hbond substituents is 1. The number of ether oxygens (including phenoxy) is 2. The van der Waals surface area contributed by atoms with Crippen molar-refractivity contribution in [1.29, 1.82) is 0 Å². The lowest BCUT2D eigenvalue weighted by atomic mass is 9.53. The molecule has 0 saturated heterocycles. The van der Waals surface area contributed by atoms with E-state index in [-0.39, 0.29) is 35.8 Å². The maximum absolute atomic E-state index is 13.0. The van der Waals surface area contributed by atoms with Gasteiger partial charge in [-0.3, -0.25) is 9.59 Å². The molecule has 0 bridgehead atoms. The van der Waals surface area contributed by atoms with Crippen molar-refractivity contribution in [2.45, 2.75) is 57.3 Å². The zero-order valence-corrected chi connectivity index (χ0v) is 23.5. The van der Waals surface area contributed by atoms with Crippen LogP contribution in [-0.4, -0.2) is 56.0 Å². The van der Waals surface area contributed by atoms with E-state index < -0.39 is 11.5 Å². The number of aliphatic hydroxyl groups is 1. The third-order valence-electron chi connectivity index (χ3n) is 8.06. The SMILES string of the molecule is CC(C)(O)COc1ccc2c(C(=O)NC3CC4(C3)CC(Oc3cc(-c5cccc(O)c5)ccc3C(N)=O)C4)cnn2c1. The Balaban J connectivity index is 1.04. The van der Waals surface area contributed by atoms with Gasteiger partial charge in [0.2, 0.25) is 0 Å². The predicted molar refractivity (Wildman–Crippen MR) is 156 cm³/mol. The van der Waals surface area contributed by atoms with Crippen molar-refractivity contribution in [1.82, 2.24) is 14.9 Å². The Morgan fingerprint density at radius 2 is 1.83 bits per heavy atom. The number of fused-ring (bicyclic) bond motifs is 1. The summed E-state index contributed by atoms with van der Waals surface area (Å²) in [6.45, 7) is 3.48. The molecule has 2 aromatic heterocycles. The third kappa shape index (κ3) is 5.62. The molecule has 4 aromatic rings. The third-order valence-corrected chi connectivity index (χ3v) is 8.06. The lowest BCUT2D eigenvalue weighted by molar-refractivity contribution is -0.0834. The number of hydrogen-bond donors (Lipinski definition) is 4. The predicted octanol–water partition coefficient (Wildman–Crippen LogP) is 4.08. The monoisotopic (exact) mass is 570 g/mol. The largest absolute Gasteiger partial charge is 0.508 e. The highest BCUT2D eigenvalue weighted by Gasteiger charge is 2.54. The summed E-state index contributed by atoms with van der Waals surface area (Å²) in [7, 11) is 0.